The molecule has 3 rings (SSSR count). The zero-order valence-electron chi connectivity index (χ0n) is 18.7. The molecule has 1 aromatic carbocycles. The predicted molar refractivity (Wildman–Crippen MR) is 122 cm³/mol. The highest BCUT2D eigenvalue weighted by atomic mass is 32.1. The molecule has 2 heterocycles. The second kappa shape index (κ2) is 9.29. The molecular formula is C24H33N3O2S. The molecule has 0 radical (unpaired) electrons. The summed E-state index contributed by atoms with van der Waals surface area (Å²) in [5.74, 6) is 0.00700. The normalized spacial score (nSPS) is 17.8. The van der Waals surface area contributed by atoms with Gasteiger partial charge >= 0.3 is 0 Å². The molecule has 30 heavy (non-hydrogen) atoms. The molecule has 1 aliphatic rings. The highest BCUT2D eigenvalue weighted by Crippen LogP contribution is 2.33. The fraction of sp³-hybridized carbons (Fsp3) is 0.542. The van der Waals surface area contributed by atoms with Crippen molar-refractivity contribution in [3.05, 3.63) is 41.0 Å². The number of carbonyl (C=O) groups is 2. The summed E-state index contributed by atoms with van der Waals surface area (Å²) in [5.41, 5.74) is 4.98. The summed E-state index contributed by atoms with van der Waals surface area (Å²) in [7, 11) is 0. The number of benzene rings is 1. The molecule has 1 fully saturated rings. The van der Waals surface area contributed by atoms with Crippen molar-refractivity contribution in [3.63, 3.8) is 0 Å². The Morgan fingerprint density at radius 2 is 1.97 bits per heavy atom. The topological polar surface area (TPSA) is 62.3 Å². The molecule has 5 nitrogen and oxygen atoms in total. The Labute approximate surface area is 183 Å². The maximum Gasteiger partial charge on any atom is 0.243 e. The van der Waals surface area contributed by atoms with Gasteiger partial charge in [-0.3, -0.25) is 9.59 Å². The van der Waals surface area contributed by atoms with E-state index in [1.165, 1.54) is 4.88 Å². The van der Waals surface area contributed by atoms with Crippen LogP contribution in [-0.4, -0.2) is 34.3 Å². The number of nitrogens with one attached hydrogen (secondary N) is 1. The smallest absolute Gasteiger partial charge is 0.243 e. The Morgan fingerprint density at radius 3 is 2.53 bits per heavy atom. The van der Waals surface area contributed by atoms with Gasteiger partial charge in [-0.2, -0.15) is 0 Å². The van der Waals surface area contributed by atoms with Crippen molar-refractivity contribution in [1.82, 2.24) is 15.2 Å². The number of nitrogens with zero attached hydrogens (tertiary/aromatic N) is 2. The summed E-state index contributed by atoms with van der Waals surface area (Å²) in [4.78, 5) is 33.3. The molecule has 1 aromatic heterocycles. The van der Waals surface area contributed by atoms with E-state index in [4.69, 9.17) is 0 Å². The van der Waals surface area contributed by atoms with Gasteiger partial charge in [0.15, 0.2) is 0 Å². The molecule has 2 aromatic rings. The first-order valence-electron chi connectivity index (χ1n) is 10.8. The average molecular weight is 428 g/mol. The van der Waals surface area contributed by atoms with Crippen LogP contribution in [0.5, 0.6) is 0 Å². The van der Waals surface area contributed by atoms with E-state index in [1.807, 2.05) is 29.5 Å². The maximum absolute atomic E-state index is 13.1. The van der Waals surface area contributed by atoms with Crippen LogP contribution in [0.1, 0.15) is 58.2 Å². The zero-order chi connectivity index (χ0) is 21.9. The average Bonchev–Trinajstić information content (AvgIpc) is 3.35. The highest BCUT2D eigenvalue weighted by molar-refractivity contribution is 7.13. The summed E-state index contributed by atoms with van der Waals surface area (Å²) < 4.78 is 0. The number of amides is 2. The number of carbonyl (C=O) groups excluding carboxylic acids is 2. The molecule has 0 spiro atoms. The van der Waals surface area contributed by atoms with Gasteiger partial charge in [-0.05, 0) is 42.7 Å². The van der Waals surface area contributed by atoms with E-state index in [1.54, 1.807) is 11.3 Å². The summed E-state index contributed by atoms with van der Waals surface area (Å²) in [6, 6.07) is 7.87. The van der Waals surface area contributed by atoms with E-state index in [-0.39, 0.29) is 29.2 Å². The van der Waals surface area contributed by atoms with E-state index in [0.717, 1.165) is 36.1 Å². The number of thiazole rings is 1. The van der Waals surface area contributed by atoms with Gasteiger partial charge in [0.05, 0.1) is 16.1 Å². The largest absolute Gasteiger partial charge is 0.350 e. The van der Waals surface area contributed by atoms with Gasteiger partial charge in [0.2, 0.25) is 11.8 Å². The molecule has 0 saturated carbocycles. The van der Waals surface area contributed by atoms with Crippen molar-refractivity contribution in [2.75, 3.05) is 6.54 Å². The third kappa shape index (κ3) is 4.91. The summed E-state index contributed by atoms with van der Waals surface area (Å²) >= 11 is 1.63. The molecule has 0 bridgehead atoms. The molecule has 2 atom stereocenters. The standard InChI is InChI=1S/C24H33N3O2S/c1-6-19(24(3,4)5)23(29)27-13-7-8-20(27)22(28)25-14-17-9-11-18(12-10-17)21-16(2)26-15-30-21/h9-12,15,19-20H,6-8,13-14H2,1-5H3,(H,25,28)/t19-,20+/m1/s1. The van der Waals surface area contributed by atoms with Crippen LogP contribution in [-0.2, 0) is 16.1 Å². The summed E-state index contributed by atoms with van der Waals surface area (Å²) in [6.45, 7) is 11.5. The van der Waals surface area contributed by atoms with Crippen LogP contribution in [0.15, 0.2) is 29.8 Å². The van der Waals surface area contributed by atoms with E-state index >= 15 is 0 Å². The van der Waals surface area contributed by atoms with Crippen LogP contribution < -0.4 is 5.32 Å². The highest BCUT2D eigenvalue weighted by Gasteiger charge is 2.40. The van der Waals surface area contributed by atoms with Crippen molar-refractivity contribution in [2.24, 2.45) is 11.3 Å². The Morgan fingerprint density at radius 1 is 1.27 bits per heavy atom. The minimum absolute atomic E-state index is 0.0491. The van der Waals surface area contributed by atoms with Crippen LogP contribution in [0.25, 0.3) is 10.4 Å². The van der Waals surface area contributed by atoms with Gasteiger partial charge in [0, 0.05) is 19.0 Å². The van der Waals surface area contributed by atoms with Gasteiger partial charge < -0.3 is 10.2 Å². The lowest BCUT2D eigenvalue weighted by molar-refractivity contribution is -0.144. The summed E-state index contributed by atoms with van der Waals surface area (Å²) in [6.07, 6.45) is 2.41. The first kappa shape index (κ1) is 22.5. The SMILES string of the molecule is CC[C@H](C(=O)N1CCC[C@H]1C(=O)NCc1ccc(-c2scnc2C)cc1)C(C)(C)C. The zero-order valence-corrected chi connectivity index (χ0v) is 19.5. The lowest BCUT2D eigenvalue weighted by atomic mass is 9.78. The van der Waals surface area contributed by atoms with E-state index in [2.05, 4.69) is 50.1 Å². The third-order valence-electron chi connectivity index (χ3n) is 6.02. The molecule has 0 aliphatic carbocycles. The third-order valence-corrected chi connectivity index (χ3v) is 7.00. The first-order valence-corrected chi connectivity index (χ1v) is 11.7. The molecule has 1 aliphatic heterocycles. The van der Waals surface area contributed by atoms with Crippen LogP contribution in [0.2, 0.25) is 0 Å². The Hall–Kier alpha value is -2.21. The van der Waals surface area contributed by atoms with Gasteiger partial charge in [-0.15, -0.1) is 11.3 Å². The molecule has 162 valence electrons. The van der Waals surface area contributed by atoms with Gasteiger partial charge in [-0.25, -0.2) is 4.98 Å². The van der Waals surface area contributed by atoms with Crippen molar-refractivity contribution >= 4 is 23.2 Å². The molecule has 1 saturated heterocycles. The minimum atomic E-state index is -0.354. The predicted octanol–water partition coefficient (Wildman–Crippen LogP) is 4.80. The van der Waals surface area contributed by atoms with Crippen molar-refractivity contribution in [3.8, 4) is 10.4 Å². The molecule has 0 unspecified atom stereocenters. The van der Waals surface area contributed by atoms with Crippen molar-refractivity contribution in [1.29, 1.82) is 0 Å². The van der Waals surface area contributed by atoms with E-state index in [0.29, 0.717) is 13.1 Å². The van der Waals surface area contributed by atoms with Crippen molar-refractivity contribution in [2.45, 2.75) is 66.5 Å². The second-order valence-electron chi connectivity index (χ2n) is 9.20. The van der Waals surface area contributed by atoms with Crippen molar-refractivity contribution < 1.29 is 9.59 Å². The lowest BCUT2D eigenvalue weighted by Gasteiger charge is -2.34. The number of rotatable bonds is 6. The van der Waals surface area contributed by atoms with Gasteiger partial charge in [0.1, 0.15) is 6.04 Å². The number of aromatic nitrogens is 1. The number of hydrogen-bond donors (Lipinski definition) is 1. The van der Waals surface area contributed by atoms with E-state index < -0.39 is 0 Å². The van der Waals surface area contributed by atoms with Crippen LogP contribution >= 0.6 is 11.3 Å². The molecule has 2 amide bonds. The summed E-state index contributed by atoms with van der Waals surface area (Å²) in [5, 5.41) is 3.04. The molecular weight excluding hydrogens is 394 g/mol. The molecule has 6 heteroatoms. The Kier molecular flexibility index (Phi) is 6.96. The second-order valence-corrected chi connectivity index (χ2v) is 10.1. The van der Waals surface area contributed by atoms with Crippen LogP contribution in [0, 0.1) is 18.3 Å². The molecule has 1 N–H and O–H groups in total. The van der Waals surface area contributed by atoms with Crippen LogP contribution in [0.4, 0.5) is 0 Å². The number of likely N-dealkylation sites (tertiary alicyclic amines) is 1. The quantitative estimate of drug-likeness (QED) is 0.720. The Bertz CT molecular complexity index is 883. The van der Waals surface area contributed by atoms with E-state index in [9.17, 15) is 9.59 Å². The van der Waals surface area contributed by atoms with Gasteiger partial charge in [-0.1, -0.05) is 52.0 Å². The Balaban J connectivity index is 1.61. The van der Waals surface area contributed by atoms with Crippen LogP contribution in [0.3, 0.4) is 0 Å². The fourth-order valence-electron chi connectivity index (χ4n) is 4.32. The first-order chi connectivity index (χ1) is 14.2. The maximum atomic E-state index is 13.1. The monoisotopic (exact) mass is 427 g/mol. The number of hydrogen-bond acceptors (Lipinski definition) is 4. The lowest BCUT2D eigenvalue weighted by Crippen LogP contribution is -2.49. The fourth-order valence-corrected chi connectivity index (χ4v) is 5.13. The van der Waals surface area contributed by atoms with Gasteiger partial charge in [0.25, 0.3) is 0 Å². The number of aryl methyl sites for hydroxylation is 1. The minimum Gasteiger partial charge on any atom is -0.350 e.